The fourth-order valence-corrected chi connectivity index (χ4v) is 3.32. The van der Waals surface area contributed by atoms with E-state index in [0.29, 0.717) is 22.2 Å². The Morgan fingerprint density at radius 3 is 2.62 bits per heavy atom. The smallest absolute Gasteiger partial charge is 0.310 e. The molecule has 24 heavy (non-hydrogen) atoms. The molecule has 0 aromatic carbocycles. The van der Waals surface area contributed by atoms with Gasteiger partial charge in [0.2, 0.25) is 0 Å². The summed E-state index contributed by atoms with van der Waals surface area (Å²) < 4.78 is 40.2. The Hall–Kier alpha value is -1.80. The van der Waals surface area contributed by atoms with Crippen molar-refractivity contribution in [3.63, 3.8) is 0 Å². The van der Waals surface area contributed by atoms with Gasteiger partial charge in [-0.1, -0.05) is 18.5 Å². The Morgan fingerprint density at radius 1 is 1.21 bits per heavy atom. The van der Waals surface area contributed by atoms with Crippen LogP contribution in [0.1, 0.15) is 12.5 Å². The van der Waals surface area contributed by atoms with Crippen LogP contribution in [-0.2, 0) is 13.2 Å². The molecule has 126 valence electrons. The molecule has 3 aromatic heterocycles. The van der Waals surface area contributed by atoms with Gasteiger partial charge in [-0.25, -0.2) is 9.97 Å². The minimum absolute atomic E-state index is 0.173. The van der Waals surface area contributed by atoms with Crippen molar-refractivity contribution >= 4 is 34.5 Å². The quantitative estimate of drug-likeness (QED) is 0.618. The monoisotopic (exact) mass is 372 g/mol. The standard InChI is InChI=1S/C15H12ClF3N4S/c1-3-24-11-5-9(16)7-20-12(11)14-22-10-4-8(15(17,18)19)6-21-13(10)23(14)2/h4-7H,3H2,1-2H3. The van der Waals surface area contributed by atoms with Crippen molar-refractivity contribution in [1.29, 1.82) is 0 Å². The topological polar surface area (TPSA) is 43.6 Å². The minimum atomic E-state index is -4.46. The fraction of sp³-hybridized carbons (Fsp3) is 0.267. The van der Waals surface area contributed by atoms with Gasteiger partial charge < -0.3 is 4.57 Å². The second-order valence-electron chi connectivity index (χ2n) is 4.99. The second-order valence-corrected chi connectivity index (χ2v) is 6.73. The molecule has 0 aliphatic carbocycles. The molecule has 3 rings (SSSR count). The number of nitrogens with zero attached hydrogens (tertiary/aromatic N) is 4. The van der Waals surface area contributed by atoms with Crippen LogP contribution < -0.4 is 0 Å². The number of fused-ring (bicyclic) bond motifs is 1. The lowest BCUT2D eigenvalue weighted by Gasteiger charge is -2.07. The second kappa shape index (κ2) is 6.25. The zero-order valence-corrected chi connectivity index (χ0v) is 14.3. The van der Waals surface area contributed by atoms with Crippen LogP contribution in [0, 0.1) is 0 Å². The van der Waals surface area contributed by atoms with E-state index in [9.17, 15) is 13.2 Å². The molecule has 0 saturated carbocycles. The number of hydrogen-bond acceptors (Lipinski definition) is 4. The normalized spacial score (nSPS) is 12.1. The van der Waals surface area contributed by atoms with Gasteiger partial charge in [-0.05, 0) is 17.9 Å². The molecule has 0 fully saturated rings. The van der Waals surface area contributed by atoms with E-state index in [1.54, 1.807) is 17.7 Å². The number of hydrogen-bond donors (Lipinski definition) is 0. The van der Waals surface area contributed by atoms with E-state index in [1.165, 1.54) is 18.0 Å². The van der Waals surface area contributed by atoms with Crippen LogP contribution >= 0.6 is 23.4 Å². The van der Waals surface area contributed by atoms with Gasteiger partial charge in [-0.3, -0.25) is 4.98 Å². The molecular weight excluding hydrogens is 361 g/mol. The van der Waals surface area contributed by atoms with Crippen LogP contribution in [-0.4, -0.2) is 25.3 Å². The number of imidazole rings is 1. The van der Waals surface area contributed by atoms with Gasteiger partial charge in [0.15, 0.2) is 11.5 Å². The first kappa shape index (κ1) is 17.0. The highest BCUT2D eigenvalue weighted by Crippen LogP contribution is 2.34. The Balaban J connectivity index is 2.19. The number of thioether (sulfide) groups is 1. The molecule has 0 aliphatic heterocycles. The predicted molar refractivity (Wildman–Crippen MR) is 88.2 cm³/mol. The molecule has 0 atom stereocenters. The van der Waals surface area contributed by atoms with Crippen LogP contribution in [0.3, 0.4) is 0 Å². The highest BCUT2D eigenvalue weighted by atomic mass is 35.5. The summed E-state index contributed by atoms with van der Waals surface area (Å²) in [6, 6.07) is 2.76. The van der Waals surface area contributed by atoms with E-state index in [1.807, 2.05) is 6.92 Å². The molecule has 0 N–H and O–H groups in total. The lowest BCUT2D eigenvalue weighted by atomic mass is 10.2. The van der Waals surface area contributed by atoms with E-state index >= 15 is 0 Å². The van der Waals surface area contributed by atoms with Crippen LogP contribution in [0.15, 0.2) is 29.4 Å². The third-order valence-corrected chi connectivity index (χ3v) is 4.48. The first-order valence-electron chi connectivity index (χ1n) is 6.99. The molecule has 0 aliphatic rings. The minimum Gasteiger partial charge on any atom is -0.310 e. The number of rotatable bonds is 3. The molecule has 0 bridgehead atoms. The van der Waals surface area contributed by atoms with Gasteiger partial charge in [0.05, 0.1) is 10.6 Å². The van der Waals surface area contributed by atoms with Gasteiger partial charge in [0, 0.05) is 24.3 Å². The Bertz CT molecular complexity index is 908. The van der Waals surface area contributed by atoms with Gasteiger partial charge in [-0.15, -0.1) is 11.8 Å². The summed E-state index contributed by atoms with van der Waals surface area (Å²) in [7, 11) is 1.70. The molecule has 3 heterocycles. The summed E-state index contributed by atoms with van der Waals surface area (Å²) in [4.78, 5) is 13.3. The largest absolute Gasteiger partial charge is 0.417 e. The summed E-state index contributed by atoms with van der Waals surface area (Å²) in [6.45, 7) is 1.99. The third-order valence-electron chi connectivity index (χ3n) is 3.37. The molecule has 4 nitrogen and oxygen atoms in total. The molecule has 0 unspecified atom stereocenters. The third kappa shape index (κ3) is 3.08. The zero-order chi connectivity index (χ0) is 17.5. The van der Waals surface area contributed by atoms with Crippen LogP contribution in [0.2, 0.25) is 5.02 Å². The van der Waals surface area contributed by atoms with Crippen molar-refractivity contribution in [3.8, 4) is 11.5 Å². The number of aryl methyl sites for hydroxylation is 1. The molecule has 0 amide bonds. The average molecular weight is 373 g/mol. The van der Waals surface area contributed by atoms with Crippen molar-refractivity contribution in [2.45, 2.75) is 18.0 Å². The number of halogens is 4. The van der Waals surface area contributed by atoms with Crippen molar-refractivity contribution in [2.75, 3.05) is 5.75 Å². The molecule has 9 heteroatoms. The van der Waals surface area contributed by atoms with Crippen LogP contribution in [0.25, 0.3) is 22.7 Å². The summed E-state index contributed by atoms with van der Waals surface area (Å²) in [6.07, 6.45) is -2.16. The average Bonchev–Trinajstić information content (AvgIpc) is 2.83. The lowest BCUT2D eigenvalue weighted by molar-refractivity contribution is -0.137. The van der Waals surface area contributed by atoms with Crippen LogP contribution in [0.4, 0.5) is 13.2 Å². The highest BCUT2D eigenvalue weighted by molar-refractivity contribution is 7.99. The first-order chi connectivity index (χ1) is 11.3. The van der Waals surface area contributed by atoms with E-state index < -0.39 is 11.7 Å². The number of aromatic nitrogens is 4. The van der Waals surface area contributed by atoms with Crippen molar-refractivity contribution in [3.05, 3.63) is 35.1 Å². The van der Waals surface area contributed by atoms with Gasteiger partial charge in [0.25, 0.3) is 0 Å². The summed E-state index contributed by atoms with van der Waals surface area (Å²) >= 11 is 7.53. The number of pyridine rings is 2. The van der Waals surface area contributed by atoms with E-state index in [-0.39, 0.29) is 5.52 Å². The Labute approximate surface area is 145 Å². The number of alkyl halides is 3. The Morgan fingerprint density at radius 2 is 1.96 bits per heavy atom. The van der Waals surface area contributed by atoms with Crippen molar-refractivity contribution < 1.29 is 13.2 Å². The maximum Gasteiger partial charge on any atom is 0.417 e. The predicted octanol–water partition coefficient (Wildman–Crippen LogP) is 4.81. The molecule has 3 aromatic rings. The van der Waals surface area contributed by atoms with Crippen molar-refractivity contribution in [1.82, 2.24) is 19.5 Å². The van der Waals surface area contributed by atoms with E-state index in [2.05, 4.69) is 15.0 Å². The molecule has 0 spiro atoms. The fourth-order valence-electron chi connectivity index (χ4n) is 2.30. The van der Waals surface area contributed by atoms with E-state index in [0.717, 1.165) is 22.9 Å². The molecular formula is C15H12ClF3N4S. The highest BCUT2D eigenvalue weighted by Gasteiger charge is 2.32. The summed E-state index contributed by atoms with van der Waals surface area (Å²) in [5.74, 6) is 1.25. The molecule has 0 radical (unpaired) electrons. The summed E-state index contributed by atoms with van der Waals surface area (Å²) in [5, 5.41) is 0.492. The van der Waals surface area contributed by atoms with E-state index in [4.69, 9.17) is 11.6 Å². The van der Waals surface area contributed by atoms with Gasteiger partial charge in [-0.2, -0.15) is 13.2 Å². The first-order valence-corrected chi connectivity index (χ1v) is 8.36. The summed E-state index contributed by atoms with van der Waals surface area (Å²) in [5.41, 5.74) is 0.279. The maximum absolute atomic E-state index is 12.9. The lowest BCUT2D eigenvalue weighted by Crippen LogP contribution is -2.05. The maximum atomic E-state index is 12.9. The zero-order valence-electron chi connectivity index (χ0n) is 12.7. The van der Waals surface area contributed by atoms with Crippen LogP contribution in [0.5, 0.6) is 0 Å². The van der Waals surface area contributed by atoms with Crippen molar-refractivity contribution in [2.24, 2.45) is 7.05 Å². The Kier molecular flexibility index (Phi) is 4.44. The SMILES string of the molecule is CCSc1cc(Cl)cnc1-c1nc2cc(C(F)(F)F)cnc2n1C. The van der Waals surface area contributed by atoms with Gasteiger partial charge in [0.1, 0.15) is 11.2 Å². The molecule has 0 saturated heterocycles. The van der Waals surface area contributed by atoms with Gasteiger partial charge >= 0.3 is 6.18 Å².